The van der Waals surface area contributed by atoms with Crippen molar-refractivity contribution in [2.24, 2.45) is 0 Å². The average Bonchev–Trinajstić information content (AvgIpc) is 3.22. The van der Waals surface area contributed by atoms with Crippen LogP contribution in [0, 0.1) is 10.1 Å². The predicted molar refractivity (Wildman–Crippen MR) is 177 cm³/mol. The molecule has 6 rings (SSSR count). The Bertz CT molecular complexity index is 2120. The van der Waals surface area contributed by atoms with Gasteiger partial charge in [-0.25, -0.2) is 4.98 Å². The number of aromatic nitrogens is 1. The van der Waals surface area contributed by atoms with Crippen LogP contribution in [0.4, 0.5) is 11.4 Å². The number of para-hydroxylation sites is 1. The van der Waals surface area contributed by atoms with E-state index in [0.717, 1.165) is 0 Å². The third-order valence-electron chi connectivity index (χ3n) is 8.52. The van der Waals surface area contributed by atoms with E-state index in [1.54, 1.807) is 48.5 Å². The maximum atomic E-state index is 13.7. The number of amides is 1. The van der Waals surface area contributed by atoms with E-state index >= 15 is 0 Å². The molecule has 1 amide bonds. The summed E-state index contributed by atoms with van der Waals surface area (Å²) in [5.41, 5.74) is 2.01. The minimum absolute atomic E-state index is 0.122. The normalized spacial score (nSPS) is 15.0. The van der Waals surface area contributed by atoms with E-state index in [9.17, 15) is 29.6 Å². The monoisotopic (exact) mass is 615 g/mol. The van der Waals surface area contributed by atoms with Crippen LogP contribution < -0.4 is 5.32 Å². The van der Waals surface area contributed by atoms with E-state index in [0.29, 0.717) is 38.7 Å². The Morgan fingerprint density at radius 3 is 2.02 bits per heavy atom. The topological polar surface area (TPSA) is 140 Å². The van der Waals surface area contributed by atoms with Crippen molar-refractivity contribution >= 4 is 50.5 Å². The third-order valence-corrected chi connectivity index (χ3v) is 8.52. The smallest absolute Gasteiger partial charge is 0.277 e. The molecule has 232 valence electrons. The molecule has 1 atom stereocenters. The number of phenolic OH excluding ortho intramolecular Hbond substituents is 1. The van der Waals surface area contributed by atoms with Crippen molar-refractivity contribution in [3.05, 3.63) is 116 Å². The molecular weight excluding hydrogens is 582 g/mol. The van der Waals surface area contributed by atoms with Crippen LogP contribution in [0.15, 0.2) is 72.8 Å². The summed E-state index contributed by atoms with van der Waals surface area (Å²) >= 11 is 0. The number of ketones is 2. The maximum Gasteiger partial charge on any atom is 0.277 e. The van der Waals surface area contributed by atoms with Crippen molar-refractivity contribution < 1.29 is 24.4 Å². The highest BCUT2D eigenvalue weighted by Gasteiger charge is 2.41. The zero-order valence-electron chi connectivity index (χ0n) is 26.4. The Labute approximate surface area is 265 Å². The molecule has 0 saturated carbocycles. The second-order valence-electron chi connectivity index (χ2n) is 13.8. The van der Waals surface area contributed by atoms with Crippen LogP contribution in [0.3, 0.4) is 0 Å². The standard InChI is InChI=1S/C37H33N3O6/c1-36(2,3)25-16-21(17-26(34(25)43)37(4,5)6)35(44)39-28-11-7-9-19-13-14-27(38-31(19)28)30-32(41)23-15-20-10-8-12-29(40(45)46)22(20)18-24(23)33(30)42/h7-18,30,43H,1-6H3,(H,39,44). The molecule has 2 N–H and O–H groups in total. The van der Waals surface area contributed by atoms with Gasteiger partial charge < -0.3 is 10.4 Å². The van der Waals surface area contributed by atoms with Gasteiger partial charge in [0.15, 0.2) is 11.6 Å². The minimum atomic E-state index is -1.22. The molecule has 9 nitrogen and oxygen atoms in total. The summed E-state index contributed by atoms with van der Waals surface area (Å²) in [5.74, 6) is -2.37. The highest BCUT2D eigenvalue weighted by Crippen LogP contribution is 2.41. The van der Waals surface area contributed by atoms with Crippen LogP contribution >= 0.6 is 0 Å². The van der Waals surface area contributed by atoms with Crippen LogP contribution in [-0.4, -0.2) is 32.5 Å². The molecule has 0 spiro atoms. The number of nitro groups is 1. The van der Waals surface area contributed by atoms with Gasteiger partial charge in [-0.1, -0.05) is 71.9 Å². The zero-order valence-corrected chi connectivity index (χ0v) is 26.4. The largest absolute Gasteiger partial charge is 0.507 e. The minimum Gasteiger partial charge on any atom is -0.507 e. The number of nitro benzene ring substituents is 1. The SMILES string of the molecule is CC(C)(C)c1cc(C(=O)Nc2cccc3ccc(C4C(=O)c5cc6cccc([N+](=O)[O-])c6cc5C4=O)nc23)cc(C(C)(C)C)c1O. The lowest BCUT2D eigenvalue weighted by atomic mass is 9.78. The number of hydrogen-bond acceptors (Lipinski definition) is 7. The van der Waals surface area contributed by atoms with Crippen molar-refractivity contribution in [1.82, 2.24) is 4.98 Å². The van der Waals surface area contributed by atoms with Crippen molar-refractivity contribution in [1.29, 1.82) is 0 Å². The molecule has 46 heavy (non-hydrogen) atoms. The first-order valence-corrected chi connectivity index (χ1v) is 14.9. The fraction of sp³-hybridized carbons (Fsp3) is 0.243. The van der Waals surface area contributed by atoms with E-state index in [1.165, 1.54) is 18.2 Å². The number of carbonyl (C=O) groups excluding carboxylic acids is 3. The van der Waals surface area contributed by atoms with Crippen molar-refractivity contribution in [2.45, 2.75) is 58.3 Å². The van der Waals surface area contributed by atoms with Crippen LogP contribution in [-0.2, 0) is 10.8 Å². The van der Waals surface area contributed by atoms with E-state index < -0.39 is 39.1 Å². The van der Waals surface area contributed by atoms with Gasteiger partial charge in [-0.3, -0.25) is 24.5 Å². The van der Waals surface area contributed by atoms with Crippen LogP contribution in [0.2, 0.25) is 0 Å². The molecule has 4 aromatic carbocycles. The lowest BCUT2D eigenvalue weighted by molar-refractivity contribution is -0.383. The van der Waals surface area contributed by atoms with Gasteiger partial charge in [0.05, 0.1) is 27.2 Å². The fourth-order valence-electron chi connectivity index (χ4n) is 6.10. The Balaban J connectivity index is 1.40. The summed E-state index contributed by atoms with van der Waals surface area (Å²) in [4.78, 5) is 56.8. The predicted octanol–water partition coefficient (Wildman–Crippen LogP) is 8.01. The van der Waals surface area contributed by atoms with Gasteiger partial charge in [0.1, 0.15) is 11.7 Å². The van der Waals surface area contributed by atoms with Gasteiger partial charge in [-0.2, -0.15) is 0 Å². The van der Waals surface area contributed by atoms with Gasteiger partial charge in [-0.05, 0) is 52.6 Å². The third kappa shape index (κ3) is 5.07. The quantitative estimate of drug-likeness (QED) is 0.119. The highest BCUT2D eigenvalue weighted by molar-refractivity contribution is 6.31. The number of fused-ring (bicyclic) bond motifs is 3. The average molecular weight is 616 g/mol. The second kappa shape index (κ2) is 10.6. The summed E-state index contributed by atoms with van der Waals surface area (Å²) in [6.45, 7) is 11.8. The second-order valence-corrected chi connectivity index (χ2v) is 13.8. The zero-order chi connectivity index (χ0) is 33.3. The molecular formula is C37H33N3O6. The summed E-state index contributed by atoms with van der Waals surface area (Å²) in [7, 11) is 0. The Kier molecular flexibility index (Phi) is 7.03. The van der Waals surface area contributed by atoms with Crippen molar-refractivity contribution in [2.75, 3.05) is 5.32 Å². The molecule has 1 aromatic heterocycles. The summed E-state index contributed by atoms with van der Waals surface area (Å²) in [5, 5.41) is 27.1. The van der Waals surface area contributed by atoms with Gasteiger partial charge in [0.2, 0.25) is 0 Å². The number of aromatic hydroxyl groups is 1. The first-order valence-electron chi connectivity index (χ1n) is 14.9. The number of anilines is 1. The number of nitrogens with zero attached hydrogens (tertiary/aromatic N) is 2. The lowest BCUT2D eigenvalue weighted by Crippen LogP contribution is -2.21. The summed E-state index contributed by atoms with van der Waals surface area (Å²) < 4.78 is 0. The van der Waals surface area contributed by atoms with Crippen molar-refractivity contribution in [3.63, 3.8) is 0 Å². The lowest BCUT2D eigenvalue weighted by Gasteiger charge is -2.28. The summed E-state index contributed by atoms with van der Waals surface area (Å²) in [6, 6.07) is 19.6. The molecule has 0 fully saturated rings. The first-order chi connectivity index (χ1) is 21.6. The number of pyridine rings is 1. The number of rotatable bonds is 4. The number of benzene rings is 4. The van der Waals surface area contributed by atoms with E-state index in [4.69, 9.17) is 4.98 Å². The van der Waals surface area contributed by atoms with Gasteiger partial charge in [-0.15, -0.1) is 0 Å². The number of nitrogens with one attached hydrogen (secondary N) is 1. The Morgan fingerprint density at radius 1 is 0.826 bits per heavy atom. The molecule has 0 radical (unpaired) electrons. The van der Waals surface area contributed by atoms with Gasteiger partial charge in [0, 0.05) is 39.3 Å². The van der Waals surface area contributed by atoms with E-state index in [-0.39, 0.29) is 33.6 Å². The first kappa shape index (κ1) is 30.6. The van der Waals surface area contributed by atoms with Crippen LogP contribution in [0.5, 0.6) is 5.75 Å². The molecule has 1 unspecified atom stereocenters. The van der Waals surface area contributed by atoms with Crippen molar-refractivity contribution in [3.8, 4) is 5.75 Å². The molecule has 0 bridgehead atoms. The molecule has 5 aromatic rings. The molecule has 0 aliphatic heterocycles. The van der Waals surface area contributed by atoms with E-state index in [1.807, 2.05) is 47.6 Å². The molecule has 9 heteroatoms. The highest BCUT2D eigenvalue weighted by atomic mass is 16.6. The molecule has 1 heterocycles. The number of carbonyl (C=O) groups is 3. The number of Topliss-reactive ketones (excluding diaryl/α,β-unsaturated/α-hetero) is 2. The Morgan fingerprint density at radius 2 is 1.41 bits per heavy atom. The number of phenols is 1. The molecule has 0 saturated heterocycles. The van der Waals surface area contributed by atoms with Crippen LogP contribution in [0.25, 0.3) is 21.7 Å². The maximum absolute atomic E-state index is 13.7. The fourth-order valence-corrected chi connectivity index (χ4v) is 6.10. The van der Waals surface area contributed by atoms with Gasteiger partial charge >= 0.3 is 0 Å². The number of non-ortho nitro benzene ring substituents is 1. The van der Waals surface area contributed by atoms with E-state index in [2.05, 4.69) is 5.32 Å². The Hall–Kier alpha value is -5.44. The van der Waals surface area contributed by atoms with Crippen LogP contribution in [0.1, 0.15) is 95.4 Å². The number of hydrogen-bond donors (Lipinski definition) is 2. The summed E-state index contributed by atoms with van der Waals surface area (Å²) in [6.07, 6.45) is 0. The molecule has 1 aliphatic carbocycles. The molecule has 1 aliphatic rings. The van der Waals surface area contributed by atoms with Gasteiger partial charge in [0.25, 0.3) is 11.6 Å².